The van der Waals surface area contributed by atoms with Crippen molar-refractivity contribution in [3.63, 3.8) is 0 Å². The topological polar surface area (TPSA) is 0 Å². The summed E-state index contributed by atoms with van der Waals surface area (Å²) in [6, 6.07) is 18.8. The summed E-state index contributed by atoms with van der Waals surface area (Å²) >= 11 is 5.84. The molecular weight excluding hydrogens is 258 g/mol. The van der Waals surface area contributed by atoms with Crippen LogP contribution in [0.5, 0.6) is 0 Å². The third-order valence-electron chi connectivity index (χ3n) is 2.29. The molecule has 0 spiro atoms. The highest BCUT2D eigenvalue weighted by molar-refractivity contribution is 7.46. The normalized spacial score (nSPS) is 10.3. The van der Waals surface area contributed by atoms with Crippen LogP contribution in [0, 0.1) is 0 Å². The van der Waals surface area contributed by atoms with Crippen LogP contribution < -0.4 is 17.7 Å². The molecule has 16 heavy (non-hydrogen) atoms. The highest BCUT2D eigenvalue weighted by Crippen LogP contribution is 2.19. The molecule has 2 aromatic rings. The van der Waals surface area contributed by atoms with E-state index in [1.807, 2.05) is 12.1 Å². The SMILES string of the molecule is Clc1ccc(C[PH2+]c2ccccc2)cc1.[Cl-]. The molecule has 0 amide bonds. The van der Waals surface area contributed by atoms with Crippen LogP contribution in [0.25, 0.3) is 0 Å². The summed E-state index contributed by atoms with van der Waals surface area (Å²) in [7, 11) is 0.335. The van der Waals surface area contributed by atoms with Crippen LogP contribution >= 0.6 is 20.2 Å². The third kappa shape index (κ3) is 4.14. The molecule has 0 saturated carbocycles. The standard InChI is InChI=1S/C13H12ClP.ClH/c14-12-8-6-11(7-9-12)10-15-13-4-2-1-3-5-13;/h1-9,15H,10H2;1H. The van der Waals surface area contributed by atoms with E-state index < -0.39 is 0 Å². The molecule has 0 aromatic heterocycles. The second kappa shape index (κ2) is 6.91. The quantitative estimate of drug-likeness (QED) is 0.716. The largest absolute Gasteiger partial charge is 1.00 e. The lowest BCUT2D eigenvalue weighted by atomic mass is 10.2. The summed E-state index contributed by atoms with van der Waals surface area (Å²) in [5.41, 5.74) is 1.37. The fraction of sp³-hybridized carbons (Fsp3) is 0.0769. The lowest BCUT2D eigenvalue weighted by Gasteiger charge is -1.96. The maximum Gasteiger partial charge on any atom is 0.0893 e. The van der Waals surface area contributed by atoms with Crippen LogP contribution in [0.2, 0.25) is 5.02 Å². The first kappa shape index (κ1) is 13.5. The van der Waals surface area contributed by atoms with Gasteiger partial charge in [0.2, 0.25) is 0 Å². The second-order valence-corrected chi connectivity index (χ2v) is 5.36. The van der Waals surface area contributed by atoms with Crippen molar-refractivity contribution in [2.75, 3.05) is 0 Å². The molecule has 84 valence electrons. The summed E-state index contributed by atoms with van der Waals surface area (Å²) < 4.78 is 0. The molecule has 2 aromatic carbocycles. The Balaban J connectivity index is 0.00000128. The molecule has 1 unspecified atom stereocenters. The average molecular weight is 271 g/mol. The van der Waals surface area contributed by atoms with Crippen LogP contribution in [-0.4, -0.2) is 0 Å². The summed E-state index contributed by atoms with van der Waals surface area (Å²) in [5.74, 6) is 0. The van der Waals surface area contributed by atoms with E-state index in [9.17, 15) is 0 Å². The number of halogens is 2. The van der Waals surface area contributed by atoms with Gasteiger partial charge in [-0.2, -0.15) is 0 Å². The monoisotopic (exact) mass is 270 g/mol. The van der Waals surface area contributed by atoms with E-state index in [1.54, 1.807) is 0 Å². The van der Waals surface area contributed by atoms with Crippen molar-refractivity contribution in [2.45, 2.75) is 6.16 Å². The number of rotatable bonds is 3. The fourth-order valence-electron chi connectivity index (χ4n) is 1.45. The molecule has 0 fully saturated rings. The highest BCUT2D eigenvalue weighted by Gasteiger charge is 2.00. The molecule has 1 atom stereocenters. The van der Waals surface area contributed by atoms with E-state index in [2.05, 4.69) is 42.5 Å². The Bertz CT molecular complexity index is 412. The molecule has 2 rings (SSSR count). The first-order chi connectivity index (χ1) is 7.34. The van der Waals surface area contributed by atoms with Crippen LogP contribution in [0.1, 0.15) is 5.56 Å². The lowest BCUT2D eigenvalue weighted by Crippen LogP contribution is -3.00. The average Bonchev–Trinajstić information content (AvgIpc) is 2.30. The van der Waals surface area contributed by atoms with E-state index >= 15 is 0 Å². The summed E-state index contributed by atoms with van der Waals surface area (Å²) in [5, 5.41) is 2.28. The van der Waals surface area contributed by atoms with Gasteiger partial charge in [0.1, 0.15) is 0 Å². The van der Waals surface area contributed by atoms with Gasteiger partial charge >= 0.3 is 0 Å². The van der Waals surface area contributed by atoms with E-state index in [4.69, 9.17) is 11.6 Å². The van der Waals surface area contributed by atoms with Gasteiger partial charge in [0.15, 0.2) is 0 Å². The maximum absolute atomic E-state index is 5.84. The van der Waals surface area contributed by atoms with Crippen molar-refractivity contribution in [1.82, 2.24) is 0 Å². The van der Waals surface area contributed by atoms with Gasteiger partial charge in [-0.05, 0) is 29.8 Å². The Hall–Kier alpha value is -0.550. The third-order valence-corrected chi connectivity index (χ3v) is 4.07. The van der Waals surface area contributed by atoms with Gasteiger partial charge in [-0.3, -0.25) is 0 Å². The number of hydrogen-bond donors (Lipinski definition) is 0. The van der Waals surface area contributed by atoms with Gasteiger partial charge in [-0.1, -0.05) is 41.9 Å². The Labute approximate surface area is 109 Å². The van der Waals surface area contributed by atoms with E-state index in [0.29, 0.717) is 8.58 Å². The van der Waals surface area contributed by atoms with Crippen LogP contribution in [0.3, 0.4) is 0 Å². The van der Waals surface area contributed by atoms with Gasteiger partial charge in [0, 0.05) is 13.6 Å². The minimum absolute atomic E-state index is 0. The molecular formula is C13H13Cl2P. The first-order valence-corrected chi connectivity index (χ1v) is 6.74. The minimum atomic E-state index is 0. The summed E-state index contributed by atoms with van der Waals surface area (Å²) in [6.45, 7) is 0. The summed E-state index contributed by atoms with van der Waals surface area (Å²) in [4.78, 5) is 0. The maximum atomic E-state index is 5.84. The van der Waals surface area contributed by atoms with Gasteiger partial charge < -0.3 is 12.4 Å². The second-order valence-electron chi connectivity index (χ2n) is 3.45. The van der Waals surface area contributed by atoms with Crippen molar-refractivity contribution < 1.29 is 12.4 Å². The molecule has 0 aliphatic carbocycles. The zero-order valence-corrected chi connectivity index (χ0v) is 11.4. The number of hydrogen-bond acceptors (Lipinski definition) is 0. The summed E-state index contributed by atoms with van der Waals surface area (Å²) in [6.07, 6.45) is 1.15. The first-order valence-electron chi connectivity index (χ1n) is 4.97. The zero-order chi connectivity index (χ0) is 10.5. The van der Waals surface area contributed by atoms with E-state index in [-0.39, 0.29) is 12.4 Å². The van der Waals surface area contributed by atoms with Crippen LogP contribution in [0.15, 0.2) is 54.6 Å². The molecule has 0 heterocycles. The van der Waals surface area contributed by atoms with Crippen molar-refractivity contribution >= 4 is 25.5 Å². The number of benzene rings is 2. The van der Waals surface area contributed by atoms with E-state index in [1.165, 1.54) is 10.9 Å². The lowest BCUT2D eigenvalue weighted by molar-refractivity contribution is -0.00000282. The molecule has 0 nitrogen and oxygen atoms in total. The fourth-order valence-corrected chi connectivity index (χ4v) is 2.81. The molecule has 0 radical (unpaired) electrons. The van der Waals surface area contributed by atoms with Gasteiger partial charge in [-0.25, -0.2) is 0 Å². The molecule has 0 aliphatic heterocycles. The molecule has 0 saturated heterocycles. The molecule has 0 N–H and O–H groups in total. The van der Waals surface area contributed by atoms with Gasteiger partial charge in [0.05, 0.1) is 11.5 Å². The Morgan fingerprint density at radius 3 is 2.12 bits per heavy atom. The molecule has 0 aliphatic rings. The van der Waals surface area contributed by atoms with Gasteiger partial charge in [-0.15, -0.1) is 0 Å². The zero-order valence-electron chi connectivity index (χ0n) is 8.74. The van der Waals surface area contributed by atoms with Crippen molar-refractivity contribution in [1.29, 1.82) is 0 Å². The van der Waals surface area contributed by atoms with E-state index in [0.717, 1.165) is 11.2 Å². The van der Waals surface area contributed by atoms with Crippen molar-refractivity contribution in [2.24, 2.45) is 0 Å². The smallest absolute Gasteiger partial charge is 0.0893 e. The predicted octanol–water partition coefficient (Wildman–Crippen LogP) is 0.580. The van der Waals surface area contributed by atoms with Gasteiger partial charge in [0.25, 0.3) is 0 Å². The Kier molecular flexibility index (Phi) is 5.84. The molecule has 0 bridgehead atoms. The Morgan fingerprint density at radius 2 is 1.50 bits per heavy atom. The molecule has 3 heteroatoms. The van der Waals surface area contributed by atoms with Crippen LogP contribution in [0.4, 0.5) is 0 Å². The minimum Gasteiger partial charge on any atom is -1.00 e. The Morgan fingerprint density at radius 1 is 0.875 bits per heavy atom. The highest BCUT2D eigenvalue weighted by atomic mass is 35.5. The van der Waals surface area contributed by atoms with Crippen LogP contribution in [-0.2, 0) is 6.16 Å². The van der Waals surface area contributed by atoms with Crippen molar-refractivity contribution in [3.8, 4) is 0 Å². The predicted molar refractivity (Wildman–Crippen MR) is 70.9 cm³/mol. The van der Waals surface area contributed by atoms with Crippen molar-refractivity contribution in [3.05, 3.63) is 65.2 Å².